The maximum Gasteiger partial charge on any atom is 0.269 e. The summed E-state index contributed by atoms with van der Waals surface area (Å²) >= 11 is 1.32. The van der Waals surface area contributed by atoms with Gasteiger partial charge in [0.1, 0.15) is 5.03 Å². The lowest BCUT2D eigenvalue weighted by Crippen LogP contribution is -2.02. The monoisotopic (exact) mass is 351 g/mol. The lowest BCUT2D eigenvalue weighted by Gasteiger charge is -2.03. The first-order valence-electron chi connectivity index (χ1n) is 7.43. The number of non-ortho nitro benzene ring substituents is 1. The minimum Gasteiger partial charge on any atom is -0.293 e. The molecule has 0 aliphatic carbocycles. The summed E-state index contributed by atoms with van der Waals surface area (Å²) in [7, 11) is 0. The van der Waals surface area contributed by atoms with Gasteiger partial charge in [-0.05, 0) is 24.3 Å². The Morgan fingerprint density at radius 3 is 2.28 bits per heavy atom. The van der Waals surface area contributed by atoms with E-state index in [1.807, 2.05) is 18.2 Å². The second-order valence-electron chi connectivity index (χ2n) is 5.14. The fraction of sp³-hybridized carbons (Fsp3) is 0.0556. The number of ketones is 1. The van der Waals surface area contributed by atoms with Crippen molar-refractivity contribution in [3.05, 3.63) is 82.4 Å². The highest BCUT2D eigenvalue weighted by Crippen LogP contribution is 2.22. The molecule has 6 nitrogen and oxygen atoms in total. The molecule has 1 heterocycles. The fourth-order valence-corrected chi connectivity index (χ4v) is 2.86. The van der Waals surface area contributed by atoms with Gasteiger partial charge >= 0.3 is 0 Å². The van der Waals surface area contributed by atoms with Gasteiger partial charge in [0, 0.05) is 23.3 Å². The summed E-state index contributed by atoms with van der Waals surface area (Å²) in [6.45, 7) is 0. The van der Waals surface area contributed by atoms with Crippen molar-refractivity contribution in [3.63, 3.8) is 0 Å². The molecule has 1 aromatic heterocycles. The van der Waals surface area contributed by atoms with Crippen LogP contribution >= 0.6 is 11.8 Å². The summed E-state index contributed by atoms with van der Waals surface area (Å²) in [5, 5.41) is 19.5. The minimum absolute atomic E-state index is 0.0308. The van der Waals surface area contributed by atoms with Crippen molar-refractivity contribution in [2.45, 2.75) is 5.03 Å². The third kappa shape index (κ3) is 4.27. The van der Waals surface area contributed by atoms with Crippen LogP contribution in [0.15, 0.2) is 71.8 Å². The quantitative estimate of drug-likeness (QED) is 0.288. The van der Waals surface area contributed by atoms with Gasteiger partial charge in [-0.1, -0.05) is 42.1 Å². The van der Waals surface area contributed by atoms with Crippen LogP contribution in [0.2, 0.25) is 0 Å². The van der Waals surface area contributed by atoms with E-state index in [0.717, 1.165) is 5.56 Å². The molecule has 25 heavy (non-hydrogen) atoms. The number of carbonyl (C=O) groups is 1. The first-order valence-corrected chi connectivity index (χ1v) is 8.41. The Kier molecular flexibility index (Phi) is 5.15. The number of Topliss-reactive ketones (excluding diaryl/α,β-unsaturated/α-hetero) is 1. The van der Waals surface area contributed by atoms with Gasteiger partial charge < -0.3 is 0 Å². The van der Waals surface area contributed by atoms with E-state index in [1.165, 1.54) is 23.9 Å². The molecule has 124 valence electrons. The Morgan fingerprint density at radius 2 is 1.68 bits per heavy atom. The van der Waals surface area contributed by atoms with E-state index in [2.05, 4.69) is 10.2 Å². The van der Waals surface area contributed by atoms with Gasteiger partial charge in [-0.15, -0.1) is 10.2 Å². The van der Waals surface area contributed by atoms with Gasteiger partial charge in [0.2, 0.25) is 0 Å². The normalized spacial score (nSPS) is 10.4. The van der Waals surface area contributed by atoms with Crippen LogP contribution in [0.25, 0.3) is 11.3 Å². The average Bonchev–Trinajstić information content (AvgIpc) is 2.67. The molecular weight excluding hydrogens is 338 g/mol. The van der Waals surface area contributed by atoms with Gasteiger partial charge in [0.15, 0.2) is 5.78 Å². The van der Waals surface area contributed by atoms with E-state index in [1.54, 1.807) is 36.4 Å². The highest BCUT2D eigenvalue weighted by molar-refractivity contribution is 7.99. The first kappa shape index (κ1) is 16.8. The molecule has 3 aromatic rings. The first-order chi connectivity index (χ1) is 12.1. The zero-order valence-electron chi connectivity index (χ0n) is 13.0. The summed E-state index contributed by atoms with van der Waals surface area (Å²) in [5.74, 6) is 0.321. The molecule has 0 unspecified atom stereocenters. The van der Waals surface area contributed by atoms with Crippen molar-refractivity contribution in [3.8, 4) is 11.3 Å². The molecule has 0 bridgehead atoms. The van der Waals surface area contributed by atoms with Crippen LogP contribution in [0.5, 0.6) is 0 Å². The molecule has 7 heteroatoms. The molecule has 0 aliphatic rings. The molecule has 0 radical (unpaired) electrons. The van der Waals surface area contributed by atoms with E-state index in [9.17, 15) is 14.9 Å². The summed E-state index contributed by atoms with van der Waals surface area (Å²) < 4.78 is 0. The number of nitro groups is 1. The van der Waals surface area contributed by atoms with E-state index >= 15 is 0 Å². The topological polar surface area (TPSA) is 86.0 Å². The van der Waals surface area contributed by atoms with Crippen molar-refractivity contribution in [1.82, 2.24) is 10.2 Å². The van der Waals surface area contributed by atoms with Crippen LogP contribution in [0.1, 0.15) is 10.4 Å². The molecule has 0 saturated heterocycles. The van der Waals surface area contributed by atoms with Crippen LogP contribution in [-0.4, -0.2) is 26.7 Å². The van der Waals surface area contributed by atoms with E-state index in [4.69, 9.17) is 0 Å². The van der Waals surface area contributed by atoms with Crippen LogP contribution in [0.4, 0.5) is 5.69 Å². The number of thioether (sulfide) groups is 1. The zero-order valence-corrected chi connectivity index (χ0v) is 13.8. The highest BCUT2D eigenvalue weighted by Gasteiger charge is 2.09. The number of aromatic nitrogens is 2. The molecule has 0 amide bonds. The van der Waals surface area contributed by atoms with Gasteiger partial charge in [-0.25, -0.2) is 0 Å². The Morgan fingerprint density at radius 1 is 0.960 bits per heavy atom. The number of benzene rings is 2. The second-order valence-corrected chi connectivity index (χ2v) is 6.13. The van der Waals surface area contributed by atoms with Gasteiger partial charge in [-0.3, -0.25) is 14.9 Å². The maximum atomic E-state index is 12.1. The second kappa shape index (κ2) is 7.67. The summed E-state index contributed by atoms with van der Waals surface area (Å²) in [4.78, 5) is 22.3. The number of nitro benzene ring substituents is 1. The number of nitrogens with zero attached hydrogens (tertiary/aromatic N) is 3. The Balaban J connectivity index is 1.64. The lowest BCUT2D eigenvalue weighted by molar-refractivity contribution is -0.384. The van der Waals surface area contributed by atoms with Crippen molar-refractivity contribution in [2.75, 3.05) is 5.75 Å². The number of carbonyl (C=O) groups excluding carboxylic acids is 1. The van der Waals surface area contributed by atoms with Crippen LogP contribution < -0.4 is 0 Å². The van der Waals surface area contributed by atoms with Crippen LogP contribution in [0.3, 0.4) is 0 Å². The van der Waals surface area contributed by atoms with Crippen molar-refractivity contribution in [2.24, 2.45) is 0 Å². The zero-order chi connectivity index (χ0) is 17.6. The Labute approximate surface area is 148 Å². The molecular formula is C18H13N3O3S. The van der Waals surface area contributed by atoms with Gasteiger partial charge in [-0.2, -0.15) is 0 Å². The third-order valence-electron chi connectivity index (χ3n) is 3.46. The smallest absolute Gasteiger partial charge is 0.269 e. The Bertz CT molecular complexity index is 882. The van der Waals surface area contributed by atoms with E-state index < -0.39 is 4.92 Å². The standard InChI is InChI=1S/C18H13N3O3S/c22-17(14-4-2-1-3-5-14)12-25-18-11-10-16(19-20-18)13-6-8-15(9-7-13)21(23)24/h1-11H,12H2. The third-order valence-corrected chi connectivity index (χ3v) is 4.38. The van der Waals surface area contributed by atoms with E-state index in [0.29, 0.717) is 16.3 Å². The molecule has 0 atom stereocenters. The van der Waals surface area contributed by atoms with Crippen LogP contribution in [-0.2, 0) is 0 Å². The Hall–Kier alpha value is -3.06. The summed E-state index contributed by atoms with van der Waals surface area (Å²) in [6.07, 6.45) is 0. The summed E-state index contributed by atoms with van der Waals surface area (Å²) in [6, 6.07) is 18.8. The molecule has 0 fully saturated rings. The fourth-order valence-electron chi connectivity index (χ4n) is 2.15. The summed E-state index contributed by atoms with van der Waals surface area (Å²) in [5.41, 5.74) is 2.07. The number of hydrogen-bond donors (Lipinski definition) is 0. The molecule has 0 spiro atoms. The molecule has 0 aliphatic heterocycles. The minimum atomic E-state index is -0.445. The van der Waals surface area contributed by atoms with Crippen molar-refractivity contribution < 1.29 is 9.72 Å². The van der Waals surface area contributed by atoms with Crippen LogP contribution in [0, 0.1) is 10.1 Å². The predicted octanol–water partition coefficient (Wildman–Crippen LogP) is 4.03. The molecule has 0 saturated carbocycles. The maximum absolute atomic E-state index is 12.1. The molecule has 2 aromatic carbocycles. The SMILES string of the molecule is O=C(CSc1ccc(-c2ccc([N+](=O)[O-])cc2)nn1)c1ccccc1. The van der Waals surface area contributed by atoms with Crippen molar-refractivity contribution >= 4 is 23.2 Å². The van der Waals surface area contributed by atoms with Gasteiger partial charge in [0.05, 0.1) is 16.4 Å². The lowest BCUT2D eigenvalue weighted by atomic mass is 10.1. The largest absolute Gasteiger partial charge is 0.293 e. The van der Waals surface area contributed by atoms with E-state index in [-0.39, 0.29) is 17.2 Å². The number of rotatable bonds is 6. The predicted molar refractivity (Wildman–Crippen MR) is 95.6 cm³/mol. The molecule has 0 N–H and O–H groups in total. The highest BCUT2D eigenvalue weighted by atomic mass is 32.2. The van der Waals surface area contributed by atoms with Crippen molar-refractivity contribution in [1.29, 1.82) is 0 Å². The molecule has 3 rings (SSSR count). The number of hydrogen-bond acceptors (Lipinski definition) is 6. The van der Waals surface area contributed by atoms with Gasteiger partial charge in [0.25, 0.3) is 5.69 Å². The average molecular weight is 351 g/mol.